The summed E-state index contributed by atoms with van der Waals surface area (Å²) < 4.78 is 33.2. The molecule has 1 saturated heterocycles. The number of imidazole rings is 1. The van der Waals surface area contributed by atoms with Gasteiger partial charge in [-0.15, -0.1) is 0 Å². The second-order valence-electron chi connectivity index (χ2n) is 9.56. The summed E-state index contributed by atoms with van der Waals surface area (Å²) in [5, 5.41) is 0. The fourth-order valence-corrected chi connectivity index (χ4v) is 6.54. The Balaban J connectivity index is 1.76. The van der Waals surface area contributed by atoms with E-state index in [0.717, 1.165) is 11.3 Å². The van der Waals surface area contributed by atoms with Gasteiger partial charge in [-0.3, -0.25) is 14.1 Å². The first kappa shape index (κ1) is 23.7. The summed E-state index contributed by atoms with van der Waals surface area (Å²) in [5.41, 5.74) is 3.28. The molecule has 1 aromatic carbocycles. The molecule has 6 nitrogen and oxygen atoms in total. The van der Waals surface area contributed by atoms with Crippen LogP contribution in [0.2, 0.25) is 5.82 Å². The molecule has 0 spiro atoms. The fourth-order valence-electron chi connectivity index (χ4n) is 5.02. The zero-order valence-corrected chi connectivity index (χ0v) is 20.9. The number of hydrogen-bond acceptors (Lipinski definition) is 3. The maximum absolute atomic E-state index is 13.7. The molecule has 1 aliphatic rings. The van der Waals surface area contributed by atoms with Gasteiger partial charge in [0.15, 0.2) is 0 Å². The van der Waals surface area contributed by atoms with Crippen LogP contribution in [0.15, 0.2) is 66.1 Å². The predicted octanol–water partition coefficient (Wildman–Crippen LogP) is 2.43. The van der Waals surface area contributed by atoms with Crippen LogP contribution < -0.4 is 10.3 Å². The Morgan fingerprint density at radius 1 is 1.15 bits per heavy atom. The molecule has 8 heteroatoms. The fraction of sp³-hybridized carbons (Fsp3) is 0.440. The molecule has 33 heavy (non-hydrogen) atoms. The number of piperidine rings is 1. The van der Waals surface area contributed by atoms with Gasteiger partial charge in [0.25, 0.3) is 0 Å². The Morgan fingerprint density at radius 2 is 1.88 bits per heavy atom. The maximum Gasteiger partial charge on any atom is 0.242 e. The number of nitrogens with zero attached hydrogens (tertiary/aromatic N) is 4. The first-order valence-corrected chi connectivity index (χ1v) is 12.9. The Labute approximate surface area is 198 Å². The van der Waals surface area contributed by atoms with E-state index in [1.54, 1.807) is 22.6 Å². The lowest BCUT2D eigenvalue weighted by Gasteiger charge is -2.50. The van der Waals surface area contributed by atoms with Crippen molar-refractivity contribution < 1.29 is 13.0 Å². The predicted molar refractivity (Wildman–Crippen MR) is 131 cm³/mol. The average molecular weight is 464 g/mol. The SMILES string of the molecule is Cc1ccc(S(=O)(=O)N2C[C@@H](C(C)C)C(c3cccnc3)[C@@H]([B-]c3n(C)cc[n+]3C)C2)cc1. The summed E-state index contributed by atoms with van der Waals surface area (Å²) in [6.07, 6.45) is 7.78. The third-order valence-corrected chi connectivity index (χ3v) is 8.78. The van der Waals surface area contributed by atoms with Gasteiger partial charge in [-0.25, -0.2) is 12.7 Å². The number of hydrogen-bond donors (Lipinski definition) is 0. The first-order valence-electron chi connectivity index (χ1n) is 11.5. The van der Waals surface area contributed by atoms with E-state index in [-0.39, 0.29) is 17.7 Å². The van der Waals surface area contributed by atoms with Crippen LogP contribution in [0.1, 0.15) is 30.9 Å². The van der Waals surface area contributed by atoms with Crippen LogP contribution in [-0.2, 0) is 24.1 Å². The second kappa shape index (κ2) is 9.43. The topological polar surface area (TPSA) is 59.1 Å². The minimum atomic E-state index is -3.60. The molecule has 1 fully saturated rings. The quantitative estimate of drug-likeness (QED) is 0.416. The van der Waals surface area contributed by atoms with Crippen molar-refractivity contribution in [1.29, 1.82) is 0 Å². The highest BCUT2D eigenvalue weighted by Gasteiger charge is 2.40. The molecule has 3 atom stereocenters. The molecule has 2 radical (unpaired) electrons. The van der Waals surface area contributed by atoms with Crippen LogP contribution in [0.25, 0.3) is 0 Å². The molecule has 0 bridgehead atoms. The van der Waals surface area contributed by atoms with Gasteiger partial charge in [0.1, 0.15) is 12.4 Å². The zero-order valence-electron chi connectivity index (χ0n) is 20.1. The number of benzene rings is 1. The largest absolute Gasteiger partial charge is 0.280 e. The van der Waals surface area contributed by atoms with E-state index in [4.69, 9.17) is 0 Å². The lowest BCUT2D eigenvalue weighted by molar-refractivity contribution is -0.653. The molecule has 0 amide bonds. The molecule has 3 heterocycles. The van der Waals surface area contributed by atoms with Crippen molar-refractivity contribution in [1.82, 2.24) is 13.9 Å². The van der Waals surface area contributed by atoms with Gasteiger partial charge < -0.3 is 0 Å². The van der Waals surface area contributed by atoms with E-state index in [9.17, 15) is 8.42 Å². The van der Waals surface area contributed by atoms with Crippen molar-refractivity contribution in [2.75, 3.05) is 13.1 Å². The normalized spacial score (nSPS) is 22.1. The van der Waals surface area contributed by atoms with Gasteiger partial charge >= 0.3 is 0 Å². The highest BCUT2D eigenvalue weighted by atomic mass is 32.2. The standard InChI is InChI=1S/C25H33BN4O2S/c1-18(2)22-16-30(33(31,32)21-10-8-19(3)9-11-21)17-23(24(22)20-7-6-12-27-15-20)26-25-28(4)13-14-29(25)5/h6-15,18,22-24H,16-17H2,1-5H3/t22-,23-,24?/m0/s1. The van der Waals surface area contributed by atoms with E-state index in [0.29, 0.717) is 23.9 Å². The molecular weight excluding hydrogens is 431 g/mol. The Morgan fingerprint density at radius 3 is 2.45 bits per heavy atom. The van der Waals surface area contributed by atoms with Crippen molar-refractivity contribution in [2.45, 2.75) is 37.4 Å². The molecule has 1 unspecified atom stereocenters. The second-order valence-corrected chi connectivity index (χ2v) is 11.5. The van der Waals surface area contributed by atoms with Crippen LogP contribution in [-0.4, -0.2) is 42.6 Å². The third-order valence-electron chi connectivity index (χ3n) is 6.94. The number of pyridine rings is 1. The highest BCUT2D eigenvalue weighted by Crippen LogP contribution is 2.44. The van der Waals surface area contributed by atoms with Crippen LogP contribution in [0.3, 0.4) is 0 Å². The molecule has 1 aliphatic heterocycles. The monoisotopic (exact) mass is 464 g/mol. The van der Waals surface area contributed by atoms with Crippen molar-refractivity contribution in [2.24, 2.45) is 25.9 Å². The van der Waals surface area contributed by atoms with Crippen molar-refractivity contribution in [3.05, 3.63) is 72.3 Å². The van der Waals surface area contributed by atoms with E-state index < -0.39 is 10.0 Å². The van der Waals surface area contributed by atoms with Gasteiger partial charge in [-0.2, -0.15) is 13.1 Å². The zero-order chi connectivity index (χ0) is 23.8. The van der Waals surface area contributed by atoms with Crippen LogP contribution in [0, 0.1) is 18.8 Å². The van der Waals surface area contributed by atoms with Gasteiger partial charge in [0.05, 0.1) is 19.0 Å². The van der Waals surface area contributed by atoms with Gasteiger partial charge in [-0.05, 0) is 55.0 Å². The van der Waals surface area contributed by atoms with E-state index in [2.05, 4.69) is 41.3 Å². The molecular formula is C25H33BN4O2S. The third kappa shape index (κ3) is 4.77. The minimum absolute atomic E-state index is 0.00960. The van der Waals surface area contributed by atoms with Crippen LogP contribution in [0.5, 0.6) is 0 Å². The van der Waals surface area contributed by atoms with Crippen molar-refractivity contribution in [3.8, 4) is 0 Å². The van der Waals surface area contributed by atoms with Crippen LogP contribution in [0.4, 0.5) is 0 Å². The minimum Gasteiger partial charge on any atom is -0.280 e. The summed E-state index contributed by atoms with van der Waals surface area (Å²) in [4.78, 5) is 4.75. The summed E-state index contributed by atoms with van der Waals surface area (Å²) in [7, 11) is 2.69. The lowest BCUT2D eigenvalue weighted by atomic mass is 9.52. The Hall–Kier alpha value is -2.45. The van der Waals surface area contributed by atoms with E-state index in [1.807, 2.05) is 57.8 Å². The molecule has 0 saturated carbocycles. The summed E-state index contributed by atoms with van der Waals surface area (Å²) >= 11 is 0. The molecule has 3 aromatic rings. The summed E-state index contributed by atoms with van der Waals surface area (Å²) in [5.74, 6) is 0.660. The Bertz CT molecular complexity index is 1170. The van der Waals surface area contributed by atoms with Crippen molar-refractivity contribution in [3.63, 3.8) is 0 Å². The molecule has 0 N–H and O–H groups in total. The number of aryl methyl sites for hydroxylation is 3. The molecule has 174 valence electrons. The number of sulfonamides is 1. The van der Waals surface area contributed by atoms with Crippen LogP contribution >= 0.6 is 0 Å². The Kier molecular flexibility index (Phi) is 6.77. The van der Waals surface area contributed by atoms with Gasteiger partial charge in [-0.1, -0.05) is 37.6 Å². The smallest absolute Gasteiger partial charge is 0.242 e. The molecule has 0 aliphatic carbocycles. The molecule has 4 rings (SSSR count). The number of rotatable bonds is 6. The summed E-state index contributed by atoms with van der Waals surface area (Å²) in [6, 6.07) is 11.3. The van der Waals surface area contributed by atoms with Crippen molar-refractivity contribution >= 4 is 23.0 Å². The summed E-state index contributed by atoms with van der Waals surface area (Å²) in [6.45, 7) is 7.28. The van der Waals surface area contributed by atoms with E-state index >= 15 is 0 Å². The van der Waals surface area contributed by atoms with E-state index in [1.165, 1.54) is 5.56 Å². The first-order chi connectivity index (χ1) is 15.7. The average Bonchev–Trinajstić information content (AvgIpc) is 3.11. The number of aromatic nitrogens is 3. The molecule has 2 aromatic heterocycles. The highest BCUT2D eigenvalue weighted by molar-refractivity contribution is 7.89. The van der Waals surface area contributed by atoms with Gasteiger partial charge in [0, 0.05) is 24.7 Å². The van der Waals surface area contributed by atoms with Gasteiger partial charge in [0.2, 0.25) is 10.0 Å². The maximum atomic E-state index is 13.7. The lowest BCUT2D eigenvalue weighted by Crippen LogP contribution is -2.55.